The highest BCUT2D eigenvalue weighted by Crippen LogP contribution is 2.22. The quantitative estimate of drug-likeness (QED) is 0.0543. The van der Waals surface area contributed by atoms with E-state index in [1.165, 1.54) is 83.5 Å². The average molecular weight is 555 g/mol. The third-order valence-electron chi connectivity index (χ3n) is 7.89. The van der Waals surface area contributed by atoms with Crippen LogP contribution in [0.25, 0.3) is 0 Å². The summed E-state index contributed by atoms with van der Waals surface area (Å²) in [4.78, 5) is 34.8. The Morgan fingerprint density at radius 1 is 0.538 bits per heavy atom. The number of carboxylic acid groups (broad SMARTS) is 3. The van der Waals surface area contributed by atoms with Gasteiger partial charge in [-0.25, -0.2) is 0 Å². The maximum Gasteiger partial charge on any atom is 0.311 e. The summed E-state index contributed by atoms with van der Waals surface area (Å²) < 4.78 is 0.225. The predicted molar refractivity (Wildman–Crippen MR) is 159 cm³/mol. The molecule has 7 nitrogen and oxygen atoms in total. The molecule has 0 aromatic carbocycles. The molecule has 0 aromatic rings. The van der Waals surface area contributed by atoms with Gasteiger partial charge in [-0.2, -0.15) is 0 Å². The molecule has 3 N–H and O–H groups in total. The second-order valence-electron chi connectivity index (χ2n) is 12.0. The molecular weight excluding hydrogens is 494 g/mol. The number of allylic oxidation sites excluding steroid dienone is 2. The third-order valence-corrected chi connectivity index (χ3v) is 7.89. The first-order chi connectivity index (χ1) is 18.5. The SMILES string of the molecule is CCCCC/C=C/CCCCCCCCCCCCC[N+](CC(C)C(=O)O)(CC(C)C(=O)O)CC(C)C(=O)O. The fraction of sp³-hybridized carbons (Fsp3) is 0.844. The van der Waals surface area contributed by atoms with E-state index in [9.17, 15) is 29.7 Å². The highest BCUT2D eigenvalue weighted by atomic mass is 16.4. The molecule has 0 fully saturated rings. The summed E-state index contributed by atoms with van der Waals surface area (Å²) in [6, 6.07) is 0. The average Bonchev–Trinajstić information content (AvgIpc) is 2.87. The summed E-state index contributed by atoms with van der Waals surface area (Å²) in [5.74, 6) is -4.80. The van der Waals surface area contributed by atoms with Crippen LogP contribution in [0.4, 0.5) is 0 Å². The fourth-order valence-corrected chi connectivity index (χ4v) is 5.52. The van der Waals surface area contributed by atoms with Gasteiger partial charge >= 0.3 is 17.9 Å². The first kappa shape index (κ1) is 37.1. The van der Waals surface area contributed by atoms with Crippen molar-refractivity contribution in [3.63, 3.8) is 0 Å². The Kier molecular flexibility index (Phi) is 21.8. The molecule has 0 aliphatic heterocycles. The van der Waals surface area contributed by atoms with Crippen molar-refractivity contribution in [2.24, 2.45) is 17.8 Å². The summed E-state index contributed by atoms with van der Waals surface area (Å²) >= 11 is 0. The first-order valence-corrected chi connectivity index (χ1v) is 15.7. The van der Waals surface area contributed by atoms with Crippen molar-refractivity contribution in [1.29, 1.82) is 0 Å². The van der Waals surface area contributed by atoms with E-state index in [0.717, 1.165) is 19.3 Å². The van der Waals surface area contributed by atoms with Crippen LogP contribution in [0.3, 0.4) is 0 Å². The summed E-state index contributed by atoms with van der Waals surface area (Å²) in [5.41, 5.74) is 0. The van der Waals surface area contributed by atoms with E-state index in [4.69, 9.17) is 0 Å². The van der Waals surface area contributed by atoms with E-state index < -0.39 is 35.7 Å². The van der Waals surface area contributed by atoms with Crippen LogP contribution in [-0.4, -0.2) is 63.9 Å². The number of unbranched alkanes of at least 4 members (excludes halogenated alkanes) is 14. The van der Waals surface area contributed by atoms with Crippen molar-refractivity contribution in [2.75, 3.05) is 26.2 Å². The van der Waals surface area contributed by atoms with E-state index in [0.29, 0.717) is 6.54 Å². The van der Waals surface area contributed by atoms with Crippen LogP contribution in [0, 0.1) is 17.8 Å². The second kappa shape index (κ2) is 22.9. The Morgan fingerprint density at radius 2 is 0.846 bits per heavy atom. The van der Waals surface area contributed by atoms with Crippen molar-refractivity contribution < 1.29 is 34.2 Å². The molecular formula is C32H60NO6+. The van der Waals surface area contributed by atoms with Crippen LogP contribution in [0.5, 0.6) is 0 Å². The molecule has 3 unspecified atom stereocenters. The lowest BCUT2D eigenvalue weighted by Gasteiger charge is -2.42. The van der Waals surface area contributed by atoms with E-state index in [2.05, 4.69) is 19.1 Å². The van der Waals surface area contributed by atoms with Gasteiger partial charge in [-0.1, -0.05) is 83.3 Å². The zero-order valence-electron chi connectivity index (χ0n) is 25.5. The molecule has 0 saturated heterocycles. The van der Waals surface area contributed by atoms with Gasteiger partial charge in [0.15, 0.2) is 0 Å². The van der Waals surface area contributed by atoms with E-state index >= 15 is 0 Å². The van der Waals surface area contributed by atoms with Crippen LogP contribution in [0.15, 0.2) is 12.2 Å². The second-order valence-corrected chi connectivity index (χ2v) is 12.0. The topological polar surface area (TPSA) is 112 Å². The van der Waals surface area contributed by atoms with Gasteiger partial charge < -0.3 is 19.8 Å². The van der Waals surface area contributed by atoms with Crippen molar-refractivity contribution in [2.45, 2.75) is 130 Å². The van der Waals surface area contributed by atoms with Gasteiger partial charge in [0.25, 0.3) is 0 Å². The fourth-order valence-electron chi connectivity index (χ4n) is 5.52. The summed E-state index contributed by atoms with van der Waals surface area (Å²) in [6.45, 7) is 8.47. The van der Waals surface area contributed by atoms with Gasteiger partial charge in [0.2, 0.25) is 0 Å². The molecule has 7 heteroatoms. The molecule has 0 aromatic heterocycles. The molecule has 228 valence electrons. The minimum absolute atomic E-state index is 0.225. The van der Waals surface area contributed by atoms with Crippen molar-refractivity contribution in [1.82, 2.24) is 0 Å². The number of aliphatic carboxylic acids is 3. The van der Waals surface area contributed by atoms with Gasteiger partial charge in [-0.3, -0.25) is 14.4 Å². The highest BCUT2D eigenvalue weighted by Gasteiger charge is 2.38. The Balaban J connectivity index is 4.36. The molecule has 0 rings (SSSR count). The molecule has 0 bridgehead atoms. The molecule has 0 aliphatic rings. The van der Waals surface area contributed by atoms with Crippen molar-refractivity contribution >= 4 is 17.9 Å². The molecule has 0 saturated carbocycles. The minimum Gasteiger partial charge on any atom is -0.481 e. The predicted octanol–water partition coefficient (Wildman–Crippen LogP) is 7.78. The van der Waals surface area contributed by atoms with Gasteiger partial charge in [0.1, 0.15) is 17.8 Å². The van der Waals surface area contributed by atoms with E-state index in [-0.39, 0.29) is 24.1 Å². The Bertz CT molecular complexity index is 637. The lowest BCUT2D eigenvalue weighted by atomic mass is 10.00. The number of hydrogen-bond acceptors (Lipinski definition) is 3. The van der Waals surface area contributed by atoms with Gasteiger partial charge in [-0.05, 0) is 59.3 Å². The molecule has 39 heavy (non-hydrogen) atoms. The van der Waals surface area contributed by atoms with Gasteiger partial charge in [-0.15, -0.1) is 0 Å². The number of carbonyl (C=O) groups is 3. The van der Waals surface area contributed by atoms with Crippen LogP contribution >= 0.6 is 0 Å². The number of nitrogens with zero attached hydrogens (tertiary/aromatic N) is 1. The lowest BCUT2D eigenvalue weighted by Crippen LogP contribution is -2.57. The normalized spacial score (nSPS) is 15.6. The molecule has 0 spiro atoms. The van der Waals surface area contributed by atoms with E-state index in [1.54, 1.807) is 20.8 Å². The maximum absolute atomic E-state index is 11.6. The zero-order chi connectivity index (χ0) is 29.5. The molecule has 0 radical (unpaired) electrons. The molecule has 0 heterocycles. The van der Waals surface area contributed by atoms with Gasteiger partial charge in [0, 0.05) is 0 Å². The van der Waals surface area contributed by atoms with Crippen LogP contribution in [0.1, 0.15) is 130 Å². The number of quaternary nitrogens is 1. The molecule has 0 amide bonds. The Morgan fingerprint density at radius 3 is 1.18 bits per heavy atom. The summed E-state index contributed by atoms with van der Waals surface area (Å²) in [7, 11) is 0. The Hall–Kier alpha value is -1.89. The van der Waals surface area contributed by atoms with Crippen LogP contribution in [-0.2, 0) is 14.4 Å². The minimum atomic E-state index is -0.932. The molecule has 3 atom stereocenters. The van der Waals surface area contributed by atoms with Crippen LogP contribution in [0.2, 0.25) is 0 Å². The smallest absolute Gasteiger partial charge is 0.311 e. The highest BCUT2D eigenvalue weighted by molar-refractivity contribution is 5.70. The standard InChI is InChI=1S/C32H59NO6/c1-5-6-7-8-9-10-11-12-13-14-15-16-17-18-19-20-21-22-23-33(24-27(2)30(34)35,25-28(3)31(36)37)26-29(4)32(38)39/h9-10,27-29H,5-8,11-26H2,1-4H3,(H2-,34,35,36,37,38,39)/p+1/b10-9+. The monoisotopic (exact) mass is 554 g/mol. The first-order valence-electron chi connectivity index (χ1n) is 15.7. The zero-order valence-corrected chi connectivity index (χ0v) is 25.5. The summed E-state index contributed by atoms with van der Waals surface area (Å²) in [5, 5.41) is 28.5. The summed E-state index contributed by atoms with van der Waals surface area (Å²) in [6.07, 6.45) is 24.2. The van der Waals surface area contributed by atoms with Gasteiger partial charge in [0.05, 0.1) is 26.2 Å². The Labute approximate surface area is 238 Å². The van der Waals surface area contributed by atoms with Crippen LogP contribution < -0.4 is 0 Å². The maximum atomic E-state index is 11.6. The third kappa shape index (κ3) is 19.8. The number of rotatable bonds is 27. The van der Waals surface area contributed by atoms with Crippen molar-refractivity contribution in [3.8, 4) is 0 Å². The largest absolute Gasteiger partial charge is 0.481 e. The lowest BCUT2D eigenvalue weighted by molar-refractivity contribution is -0.934. The van der Waals surface area contributed by atoms with E-state index in [1.807, 2.05) is 0 Å². The molecule has 0 aliphatic carbocycles. The number of hydrogen-bond donors (Lipinski definition) is 3. The number of carboxylic acids is 3. The van der Waals surface area contributed by atoms with Crippen molar-refractivity contribution in [3.05, 3.63) is 12.2 Å².